The van der Waals surface area contributed by atoms with Gasteiger partial charge < -0.3 is 4.90 Å². The van der Waals surface area contributed by atoms with E-state index in [1.165, 1.54) is 6.07 Å². The lowest BCUT2D eigenvalue weighted by Crippen LogP contribution is -2.36. The van der Waals surface area contributed by atoms with Gasteiger partial charge in [0.25, 0.3) is 5.91 Å². The van der Waals surface area contributed by atoms with Gasteiger partial charge in [-0.2, -0.15) is 0 Å². The number of carbonyl (C=O) groups excluding carboxylic acids is 1. The van der Waals surface area contributed by atoms with E-state index in [0.717, 1.165) is 44.0 Å². The number of nitrogens with one attached hydrogen (secondary N) is 2. The highest BCUT2D eigenvalue weighted by Gasteiger charge is 2.18. The Kier molecular flexibility index (Phi) is 6.37. The number of piperidine rings is 1. The number of rotatable bonds is 5. The van der Waals surface area contributed by atoms with Gasteiger partial charge >= 0.3 is 0 Å². The molecule has 1 aliphatic rings. The van der Waals surface area contributed by atoms with Crippen LogP contribution in [0.2, 0.25) is 5.02 Å². The topological polar surface area (TPSA) is 44.4 Å². The molecule has 2 aromatic rings. The largest absolute Gasteiger partial charge is 0.369 e. The van der Waals surface area contributed by atoms with E-state index in [4.69, 9.17) is 11.6 Å². The molecule has 0 unspecified atom stereocenters. The normalized spacial score (nSPS) is 13.9. The Morgan fingerprint density at radius 2 is 1.59 bits per heavy atom. The van der Waals surface area contributed by atoms with Gasteiger partial charge in [0.05, 0.1) is 22.0 Å². The summed E-state index contributed by atoms with van der Waals surface area (Å²) in [6.45, 7) is 7.28. The van der Waals surface area contributed by atoms with Gasteiger partial charge in [-0.3, -0.25) is 15.6 Å². The summed E-state index contributed by atoms with van der Waals surface area (Å²) in [5, 5.41) is -0.234. The number of anilines is 1. The predicted molar refractivity (Wildman–Crippen MR) is 108 cm³/mol. The molecule has 4 nitrogen and oxygen atoms in total. The van der Waals surface area contributed by atoms with Crippen molar-refractivity contribution in [3.8, 4) is 0 Å². The first-order chi connectivity index (χ1) is 13.8. The van der Waals surface area contributed by atoms with Gasteiger partial charge in [-0.25, -0.2) is 13.2 Å². The number of amides is 1. The van der Waals surface area contributed by atoms with E-state index in [1.807, 2.05) is 11.8 Å². The first-order valence-corrected chi connectivity index (χ1v) is 9.61. The second-order valence-electron chi connectivity index (χ2n) is 6.97. The van der Waals surface area contributed by atoms with Crippen LogP contribution in [-0.2, 0) is 0 Å². The fourth-order valence-corrected chi connectivity index (χ4v) is 3.57. The third-order valence-electron chi connectivity index (χ3n) is 4.90. The van der Waals surface area contributed by atoms with Crippen molar-refractivity contribution in [2.45, 2.75) is 26.2 Å². The number of halogens is 4. The summed E-state index contributed by atoms with van der Waals surface area (Å²) in [6.07, 6.45) is 3.22. The summed E-state index contributed by atoms with van der Waals surface area (Å²) in [7, 11) is 0. The lowest BCUT2D eigenvalue weighted by atomic mass is 10.0. The third-order valence-corrected chi connectivity index (χ3v) is 5.21. The van der Waals surface area contributed by atoms with E-state index in [-0.39, 0.29) is 22.1 Å². The van der Waals surface area contributed by atoms with E-state index < -0.39 is 17.5 Å². The van der Waals surface area contributed by atoms with E-state index >= 15 is 0 Å². The van der Waals surface area contributed by atoms with Crippen molar-refractivity contribution in [1.82, 2.24) is 10.9 Å². The monoisotopic (exact) mass is 423 g/mol. The molecule has 0 spiro atoms. The van der Waals surface area contributed by atoms with Gasteiger partial charge in [-0.05, 0) is 56.0 Å². The van der Waals surface area contributed by atoms with Crippen LogP contribution >= 0.6 is 11.6 Å². The number of benzene rings is 2. The molecular weight excluding hydrogens is 403 g/mol. The summed E-state index contributed by atoms with van der Waals surface area (Å²) < 4.78 is 41.2. The average Bonchev–Trinajstić information content (AvgIpc) is 2.70. The molecule has 0 bridgehead atoms. The van der Waals surface area contributed by atoms with Gasteiger partial charge in [0, 0.05) is 18.7 Å². The predicted octanol–water partition coefficient (Wildman–Crippen LogP) is 4.96. The Morgan fingerprint density at radius 1 is 0.966 bits per heavy atom. The van der Waals surface area contributed by atoms with Crippen LogP contribution in [0.3, 0.4) is 0 Å². The van der Waals surface area contributed by atoms with E-state index in [2.05, 4.69) is 17.4 Å². The summed E-state index contributed by atoms with van der Waals surface area (Å²) in [5.74, 6) is -3.49. The van der Waals surface area contributed by atoms with Crippen molar-refractivity contribution in [3.05, 3.63) is 70.0 Å². The molecule has 154 valence electrons. The minimum absolute atomic E-state index is 0.234. The SMILES string of the molecule is C=C(NNC(=O)c1cc(F)c(F)cc1Cl)c1cc(F)c(N2CCCCC2)cc1C. The number of nitrogens with zero attached hydrogens (tertiary/aromatic N) is 1. The average molecular weight is 424 g/mol. The van der Waals surface area contributed by atoms with Gasteiger partial charge in [0.15, 0.2) is 11.6 Å². The van der Waals surface area contributed by atoms with Gasteiger partial charge in [0.1, 0.15) is 5.82 Å². The zero-order valence-electron chi connectivity index (χ0n) is 15.9. The number of aryl methyl sites for hydroxylation is 1. The summed E-state index contributed by atoms with van der Waals surface area (Å²) in [4.78, 5) is 14.2. The highest BCUT2D eigenvalue weighted by atomic mass is 35.5. The van der Waals surface area contributed by atoms with Crippen molar-refractivity contribution in [1.29, 1.82) is 0 Å². The molecule has 1 aliphatic heterocycles. The summed E-state index contributed by atoms with van der Waals surface area (Å²) in [5.41, 5.74) is 6.72. The molecule has 1 heterocycles. The first-order valence-electron chi connectivity index (χ1n) is 9.23. The Labute approximate surface area is 172 Å². The second kappa shape index (κ2) is 8.78. The van der Waals surface area contributed by atoms with Crippen LogP contribution in [0.5, 0.6) is 0 Å². The Morgan fingerprint density at radius 3 is 2.28 bits per heavy atom. The van der Waals surface area contributed by atoms with E-state index in [0.29, 0.717) is 17.3 Å². The van der Waals surface area contributed by atoms with E-state index in [9.17, 15) is 18.0 Å². The van der Waals surface area contributed by atoms with Crippen molar-refractivity contribution >= 4 is 28.9 Å². The second-order valence-corrected chi connectivity index (χ2v) is 7.38. The van der Waals surface area contributed by atoms with Crippen LogP contribution in [0.25, 0.3) is 5.70 Å². The van der Waals surface area contributed by atoms with Crippen molar-refractivity contribution in [2.24, 2.45) is 0 Å². The zero-order chi connectivity index (χ0) is 21.1. The highest BCUT2D eigenvalue weighted by molar-refractivity contribution is 6.33. The number of hydrogen-bond acceptors (Lipinski definition) is 3. The smallest absolute Gasteiger partial charge is 0.271 e. The maximum absolute atomic E-state index is 14.7. The Hall–Kier alpha value is -2.67. The first kappa shape index (κ1) is 21.0. The van der Waals surface area contributed by atoms with Gasteiger partial charge in [0.2, 0.25) is 0 Å². The zero-order valence-corrected chi connectivity index (χ0v) is 16.7. The molecule has 0 aromatic heterocycles. The fourth-order valence-electron chi connectivity index (χ4n) is 3.33. The third kappa shape index (κ3) is 4.67. The minimum Gasteiger partial charge on any atom is -0.369 e. The molecule has 0 saturated carbocycles. The molecule has 0 atom stereocenters. The molecular formula is C21H21ClF3N3O. The summed E-state index contributed by atoms with van der Waals surface area (Å²) in [6, 6.07) is 4.55. The molecule has 0 aliphatic carbocycles. The number of hydrazine groups is 1. The van der Waals surface area contributed by atoms with Crippen LogP contribution in [0, 0.1) is 24.4 Å². The van der Waals surface area contributed by atoms with Crippen LogP contribution in [-0.4, -0.2) is 19.0 Å². The van der Waals surface area contributed by atoms with Gasteiger partial charge in [-0.1, -0.05) is 18.2 Å². The lowest BCUT2D eigenvalue weighted by molar-refractivity contribution is 0.0942. The standard InChI is InChI=1S/C21H21ClF3N3O/c1-12-8-20(28-6-4-3-5-7-28)19(25)9-14(12)13(2)26-27-21(29)15-10-17(23)18(24)11-16(15)22/h8-11,26H,2-7H2,1H3,(H,27,29). The molecule has 1 saturated heterocycles. The highest BCUT2D eigenvalue weighted by Crippen LogP contribution is 2.28. The molecule has 1 amide bonds. The quantitative estimate of drug-likeness (QED) is 0.527. The molecule has 2 aromatic carbocycles. The van der Waals surface area contributed by atoms with Crippen LogP contribution in [0.4, 0.5) is 18.9 Å². The van der Waals surface area contributed by atoms with Crippen molar-refractivity contribution < 1.29 is 18.0 Å². The molecule has 0 radical (unpaired) electrons. The van der Waals surface area contributed by atoms with E-state index in [1.54, 1.807) is 6.07 Å². The van der Waals surface area contributed by atoms with Crippen molar-refractivity contribution in [3.63, 3.8) is 0 Å². The fraction of sp³-hybridized carbons (Fsp3) is 0.286. The van der Waals surface area contributed by atoms with Crippen LogP contribution in [0.15, 0.2) is 30.8 Å². The molecule has 1 fully saturated rings. The Bertz CT molecular complexity index is 959. The van der Waals surface area contributed by atoms with Crippen molar-refractivity contribution in [2.75, 3.05) is 18.0 Å². The number of carbonyl (C=O) groups is 1. The molecule has 8 heteroatoms. The maximum atomic E-state index is 14.7. The molecule has 29 heavy (non-hydrogen) atoms. The van der Waals surface area contributed by atoms with Crippen LogP contribution < -0.4 is 15.8 Å². The maximum Gasteiger partial charge on any atom is 0.271 e. The number of hydrogen-bond donors (Lipinski definition) is 2. The minimum atomic E-state index is -1.19. The Balaban J connectivity index is 1.71. The van der Waals surface area contributed by atoms with Crippen LogP contribution in [0.1, 0.15) is 40.7 Å². The van der Waals surface area contributed by atoms with Gasteiger partial charge in [-0.15, -0.1) is 0 Å². The summed E-state index contributed by atoms with van der Waals surface area (Å²) >= 11 is 5.79. The molecule has 2 N–H and O–H groups in total. The molecule has 3 rings (SSSR count). The lowest BCUT2D eigenvalue weighted by Gasteiger charge is -2.30.